The lowest BCUT2D eigenvalue weighted by molar-refractivity contribution is -0.384. The van der Waals surface area contributed by atoms with Crippen molar-refractivity contribution in [1.82, 2.24) is 0 Å². The van der Waals surface area contributed by atoms with E-state index in [1.165, 1.54) is 37.8 Å². The number of nitrogens with two attached hydrogens (primary N) is 1. The first-order valence-electron chi connectivity index (χ1n) is 7.28. The Kier molecular flexibility index (Phi) is 6.84. The van der Waals surface area contributed by atoms with E-state index < -0.39 is 4.92 Å². The number of nitrogens with one attached hydrogen (secondary N) is 1. The van der Waals surface area contributed by atoms with Crippen molar-refractivity contribution in [3.8, 4) is 0 Å². The van der Waals surface area contributed by atoms with Gasteiger partial charge in [0, 0.05) is 18.7 Å². The number of rotatable bonds is 9. The fourth-order valence-electron chi connectivity index (χ4n) is 2.08. The van der Waals surface area contributed by atoms with Crippen molar-refractivity contribution >= 4 is 17.1 Å². The van der Waals surface area contributed by atoms with E-state index in [0.717, 1.165) is 24.6 Å². The Morgan fingerprint density at radius 1 is 1.25 bits per heavy atom. The molecule has 0 spiro atoms. The molecule has 0 saturated carbocycles. The van der Waals surface area contributed by atoms with Crippen LogP contribution in [0.1, 0.15) is 46.0 Å². The van der Waals surface area contributed by atoms with Crippen molar-refractivity contribution in [3.05, 3.63) is 28.3 Å². The SMILES string of the molecule is CC(C)CCCCCCNc1ccc([N+](=O)[O-])cc1N. The lowest BCUT2D eigenvalue weighted by Gasteiger charge is -2.09. The predicted octanol–water partition coefficient (Wildman–Crippen LogP) is 4.20. The lowest BCUT2D eigenvalue weighted by atomic mass is 10.0. The van der Waals surface area contributed by atoms with Crippen molar-refractivity contribution in [2.24, 2.45) is 5.92 Å². The highest BCUT2D eigenvalue weighted by Crippen LogP contribution is 2.24. The summed E-state index contributed by atoms with van der Waals surface area (Å²) >= 11 is 0. The van der Waals surface area contributed by atoms with Gasteiger partial charge < -0.3 is 11.1 Å². The van der Waals surface area contributed by atoms with Crippen molar-refractivity contribution < 1.29 is 4.92 Å². The molecule has 0 fully saturated rings. The molecular weight excluding hydrogens is 254 g/mol. The number of hydrogen-bond acceptors (Lipinski definition) is 4. The fourth-order valence-corrected chi connectivity index (χ4v) is 2.08. The molecule has 0 aliphatic rings. The molecule has 5 heteroatoms. The van der Waals surface area contributed by atoms with Crippen LogP contribution in [0.5, 0.6) is 0 Å². The molecule has 0 heterocycles. The Morgan fingerprint density at radius 2 is 1.95 bits per heavy atom. The molecule has 1 aromatic carbocycles. The van der Waals surface area contributed by atoms with Crippen molar-refractivity contribution in [3.63, 3.8) is 0 Å². The van der Waals surface area contributed by atoms with Crippen LogP contribution >= 0.6 is 0 Å². The van der Waals surface area contributed by atoms with Gasteiger partial charge in [-0.15, -0.1) is 0 Å². The van der Waals surface area contributed by atoms with Gasteiger partial charge in [0.1, 0.15) is 0 Å². The van der Waals surface area contributed by atoms with Gasteiger partial charge in [-0.2, -0.15) is 0 Å². The Labute approximate surface area is 120 Å². The van der Waals surface area contributed by atoms with E-state index in [4.69, 9.17) is 5.73 Å². The highest BCUT2D eigenvalue weighted by atomic mass is 16.6. The average molecular weight is 279 g/mol. The normalized spacial score (nSPS) is 10.8. The van der Waals surface area contributed by atoms with Crippen molar-refractivity contribution in [2.75, 3.05) is 17.6 Å². The van der Waals surface area contributed by atoms with Crippen LogP contribution in [-0.4, -0.2) is 11.5 Å². The molecule has 0 saturated heterocycles. The second-order valence-corrected chi connectivity index (χ2v) is 5.55. The van der Waals surface area contributed by atoms with Crippen LogP contribution in [0.25, 0.3) is 0 Å². The molecular formula is C15H25N3O2. The van der Waals surface area contributed by atoms with Gasteiger partial charge >= 0.3 is 0 Å². The number of non-ortho nitro benzene ring substituents is 1. The second kappa shape index (κ2) is 8.40. The van der Waals surface area contributed by atoms with Gasteiger partial charge in [-0.1, -0.05) is 39.5 Å². The number of nitro benzene ring substituents is 1. The zero-order chi connectivity index (χ0) is 15.0. The molecule has 5 nitrogen and oxygen atoms in total. The van der Waals surface area contributed by atoms with E-state index in [2.05, 4.69) is 19.2 Å². The first kappa shape index (κ1) is 16.3. The first-order valence-corrected chi connectivity index (χ1v) is 7.28. The van der Waals surface area contributed by atoms with E-state index in [1.54, 1.807) is 6.07 Å². The Bertz CT molecular complexity index is 433. The van der Waals surface area contributed by atoms with Gasteiger partial charge in [-0.3, -0.25) is 10.1 Å². The highest BCUT2D eigenvalue weighted by Gasteiger charge is 2.07. The number of nitrogen functional groups attached to an aromatic ring is 1. The molecule has 1 aromatic rings. The summed E-state index contributed by atoms with van der Waals surface area (Å²) in [5, 5.41) is 13.8. The van der Waals surface area contributed by atoms with Gasteiger partial charge in [0.05, 0.1) is 16.3 Å². The van der Waals surface area contributed by atoms with Crippen LogP contribution in [0.4, 0.5) is 17.1 Å². The molecule has 0 aliphatic heterocycles. The van der Waals surface area contributed by atoms with Crippen LogP contribution in [0, 0.1) is 16.0 Å². The molecule has 1 rings (SSSR count). The summed E-state index contributed by atoms with van der Waals surface area (Å²) in [6.45, 7) is 5.35. The molecule has 0 unspecified atom stereocenters. The number of nitro groups is 1. The average Bonchev–Trinajstić information content (AvgIpc) is 2.38. The molecule has 20 heavy (non-hydrogen) atoms. The van der Waals surface area contributed by atoms with E-state index >= 15 is 0 Å². The van der Waals surface area contributed by atoms with Gasteiger partial charge in [0.15, 0.2) is 0 Å². The highest BCUT2D eigenvalue weighted by molar-refractivity contribution is 5.69. The third-order valence-electron chi connectivity index (χ3n) is 3.27. The maximum atomic E-state index is 10.6. The third-order valence-corrected chi connectivity index (χ3v) is 3.27. The summed E-state index contributed by atoms with van der Waals surface area (Å²) in [5.74, 6) is 0.785. The largest absolute Gasteiger partial charge is 0.397 e. The maximum absolute atomic E-state index is 10.6. The zero-order valence-electron chi connectivity index (χ0n) is 12.4. The molecule has 0 aliphatic carbocycles. The lowest BCUT2D eigenvalue weighted by Crippen LogP contribution is -2.04. The molecule has 0 bridgehead atoms. The van der Waals surface area contributed by atoms with E-state index in [0.29, 0.717) is 5.69 Å². The summed E-state index contributed by atoms with van der Waals surface area (Å²) in [4.78, 5) is 10.2. The molecule has 0 atom stereocenters. The van der Waals surface area contributed by atoms with Crippen molar-refractivity contribution in [2.45, 2.75) is 46.0 Å². The van der Waals surface area contributed by atoms with Crippen molar-refractivity contribution in [1.29, 1.82) is 0 Å². The van der Waals surface area contributed by atoms with Crippen LogP contribution in [0.15, 0.2) is 18.2 Å². The summed E-state index contributed by atoms with van der Waals surface area (Å²) in [6, 6.07) is 4.54. The molecule has 3 N–H and O–H groups in total. The minimum Gasteiger partial charge on any atom is -0.397 e. The Balaban J connectivity index is 2.24. The molecule has 112 valence electrons. The first-order chi connectivity index (χ1) is 9.50. The molecule has 0 amide bonds. The van der Waals surface area contributed by atoms with Gasteiger partial charge in [0.25, 0.3) is 5.69 Å². The predicted molar refractivity (Wildman–Crippen MR) is 83.9 cm³/mol. The second-order valence-electron chi connectivity index (χ2n) is 5.55. The summed E-state index contributed by atoms with van der Waals surface area (Å²) in [7, 11) is 0. The number of benzene rings is 1. The maximum Gasteiger partial charge on any atom is 0.271 e. The summed E-state index contributed by atoms with van der Waals surface area (Å²) in [5.41, 5.74) is 7.02. The van der Waals surface area contributed by atoms with E-state index in [-0.39, 0.29) is 5.69 Å². The topological polar surface area (TPSA) is 81.2 Å². The third kappa shape index (κ3) is 5.91. The number of anilines is 2. The summed E-state index contributed by atoms with van der Waals surface area (Å²) in [6.07, 6.45) is 6.14. The van der Waals surface area contributed by atoms with Crippen LogP contribution < -0.4 is 11.1 Å². The van der Waals surface area contributed by atoms with Crippen LogP contribution in [0.3, 0.4) is 0 Å². The minimum absolute atomic E-state index is 0.0294. The van der Waals surface area contributed by atoms with Crippen LogP contribution in [0.2, 0.25) is 0 Å². The molecule has 0 radical (unpaired) electrons. The van der Waals surface area contributed by atoms with Crippen LogP contribution in [-0.2, 0) is 0 Å². The number of unbranched alkanes of at least 4 members (excludes halogenated alkanes) is 3. The smallest absolute Gasteiger partial charge is 0.271 e. The minimum atomic E-state index is -0.436. The number of hydrogen-bond donors (Lipinski definition) is 2. The van der Waals surface area contributed by atoms with E-state index in [1.807, 2.05) is 0 Å². The molecule has 0 aromatic heterocycles. The monoisotopic (exact) mass is 279 g/mol. The zero-order valence-corrected chi connectivity index (χ0v) is 12.4. The summed E-state index contributed by atoms with van der Waals surface area (Å²) < 4.78 is 0. The Hall–Kier alpha value is -1.78. The van der Waals surface area contributed by atoms with Gasteiger partial charge in [-0.25, -0.2) is 0 Å². The fraction of sp³-hybridized carbons (Fsp3) is 0.600. The quantitative estimate of drug-likeness (QED) is 0.307. The van der Waals surface area contributed by atoms with Gasteiger partial charge in [-0.05, 0) is 18.4 Å². The van der Waals surface area contributed by atoms with Gasteiger partial charge in [0.2, 0.25) is 0 Å². The standard InChI is InChI=1S/C15H25N3O2/c1-12(2)7-5-3-4-6-10-17-15-9-8-13(18(19)20)11-14(15)16/h8-9,11-12,17H,3-7,10,16H2,1-2H3. The Morgan fingerprint density at radius 3 is 2.55 bits per heavy atom. The number of nitrogens with zero attached hydrogens (tertiary/aromatic N) is 1. The van der Waals surface area contributed by atoms with E-state index in [9.17, 15) is 10.1 Å².